The SMILES string of the molecule is N#Cc1ccccc1-c1nc2c(N3C[C@H](N)C[C@H]3CO)c(NC(=O)c3ccnc(-c4c(F)cccc4F)n3)ccc2n1C1CC1. The van der Waals surface area contributed by atoms with Crippen LogP contribution < -0.4 is 16.0 Å². The van der Waals surface area contributed by atoms with Crippen LogP contribution >= 0.6 is 0 Å². The minimum Gasteiger partial charge on any atom is -0.394 e. The third-order valence-electron chi connectivity index (χ3n) is 8.30. The van der Waals surface area contributed by atoms with Gasteiger partial charge >= 0.3 is 0 Å². The molecule has 2 fully saturated rings. The van der Waals surface area contributed by atoms with Crippen molar-refractivity contribution in [1.29, 1.82) is 5.26 Å². The average molecular weight is 607 g/mol. The highest BCUT2D eigenvalue weighted by Crippen LogP contribution is 2.46. The minimum absolute atomic E-state index is 0.0994. The van der Waals surface area contributed by atoms with Crippen molar-refractivity contribution in [2.24, 2.45) is 5.73 Å². The number of rotatable bonds is 7. The van der Waals surface area contributed by atoms with Gasteiger partial charge in [0.1, 0.15) is 28.7 Å². The third-order valence-corrected chi connectivity index (χ3v) is 8.30. The van der Waals surface area contributed by atoms with Crippen molar-refractivity contribution >= 4 is 28.3 Å². The molecule has 1 amide bonds. The lowest BCUT2D eigenvalue weighted by Gasteiger charge is -2.28. The van der Waals surface area contributed by atoms with Gasteiger partial charge in [-0.3, -0.25) is 4.79 Å². The van der Waals surface area contributed by atoms with Gasteiger partial charge in [0, 0.05) is 30.4 Å². The van der Waals surface area contributed by atoms with E-state index in [0.29, 0.717) is 46.8 Å². The predicted molar refractivity (Wildman–Crippen MR) is 164 cm³/mol. The molecular weight excluding hydrogens is 578 g/mol. The summed E-state index contributed by atoms with van der Waals surface area (Å²) in [5.74, 6) is -1.94. The summed E-state index contributed by atoms with van der Waals surface area (Å²) < 4.78 is 31.1. The molecule has 45 heavy (non-hydrogen) atoms. The summed E-state index contributed by atoms with van der Waals surface area (Å²) in [5, 5.41) is 23.1. The molecule has 226 valence electrons. The summed E-state index contributed by atoms with van der Waals surface area (Å²) in [7, 11) is 0. The Bertz CT molecular complexity index is 1980. The van der Waals surface area contributed by atoms with Crippen LogP contribution in [0.4, 0.5) is 20.2 Å². The molecule has 0 bridgehead atoms. The molecule has 0 unspecified atom stereocenters. The first-order valence-corrected chi connectivity index (χ1v) is 14.6. The van der Waals surface area contributed by atoms with E-state index < -0.39 is 23.1 Å². The molecule has 1 saturated heterocycles. The standard InChI is InChI=1S/C33H28F2N8O2/c34-23-6-3-7-24(35)28(23)31-38-13-12-26(39-31)33(45)40-25-10-11-27-29(30(25)42-16-19(37)14-21(42)17-44)41-32(43(27)20-8-9-20)22-5-2-1-4-18(22)15-36/h1-7,10-13,19-21,44H,8-9,14,16-17,37H2,(H,40,45)/t19-,21+/m1/s1. The highest BCUT2D eigenvalue weighted by Gasteiger charge is 2.36. The number of nitrogens with one attached hydrogen (secondary N) is 1. The van der Waals surface area contributed by atoms with E-state index in [1.54, 1.807) is 12.1 Å². The Hall–Kier alpha value is -5.25. The number of aliphatic hydroxyl groups excluding tert-OH is 1. The van der Waals surface area contributed by atoms with E-state index in [1.165, 1.54) is 18.3 Å². The fourth-order valence-electron chi connectivity index (χ4n) is 6.11. The second-order valence-corrected chi connectivity index (χ2v) is 11.3. The molecule has 10 nitrogen and oxygen atoms in total. The normalized spacial score (nSPS) is 17.9. The lowest BCUT2D eigenvalue weighted by Crippen LogP contribution is -2.34. The van der Waals surface area contributed by atoms with Gasteiger partial charge in [0.05, 0.1) is 46.7 Å². The van der Waals surface area contributed by atoms with Gasteiger partial charge in [-0.15, -0.1) is 0 Å². The quantitative estimate of drug-likeness (QED) is 0.240. The predicted octanol–water partition coefficient (Wildman–Crippen LogP) is 4.80. The van der Waals surface area contributed by atoms with Crippen molar-refractivity contribution < 1.29 is 18.7 Å². The second-order valence-electron chi connectivity index (χ2n) is 11.3. The largest absolute Gasteiger partial charge is 0.394 e. The Morgan fingerprint density at radius 1 is 1.07 bits per heavy atom. The zero-order valence-electron chi connectivity index (χ0n) is 24.0. The summed E-state index contributed by atoms with van der Waals surface area (Å²) in [6.45, 7) is 0.256. The zero-order chi connectivity index (χ0) is 31.2. The first kappa shape index (κ1) is 28.5. The average Bonchev–Trinajstić information content (AvgIpc) is 3.71. The highest BCUT2D eigenvalue weighted by molar-refractivity contribution is 6.09. The number of fused-ring (bicyclic) bond motifs is 1. The Kier molecular flexibility index (Phi) is 7.19. The van der Waals surface area contributed by atoms with Gasteiger partial charge in [0.2, 0.25) is 0 Å². The van der Waals surface area contributed by atoms with Crippen LogP contribution in [0.15, 0.2) is 66.9 Å². The fraction of sp³-hybridized carbons (Fsp3) is 0.242. The molecule has 7 rings (SSSR count). The zero-order valence-corrected chi connectivity index (χ0v) is 24.0. The number of nitrogens with zero attached hydrogens (tertiary/aromatic N) is 6. The van der Waals surface area contributed by atoms with Crippen LogP contribution in [0.25, 0.3) is 33.8 Å². The van der Waals surface area contributed by atoms with Crippen LogP contribution in [-0.2, 0) is 0 Å². The number of nitrogens with two attached hydrogens (primary N) is 1. The number of aromatic nitrogens is 4. The molecule has 4 N–H and O–H groups in total. The Labute approximate surface area is 256 Å². The van der Waals surface area contributed by atoms with E-state index in [1.807, 2.05) is 29.2 Å². The molecule has 3 aromatic carbocycles. The summed E-state index contributed by atoms with van der Waals surface area (Å²) in [6, 6.07) is 17.7. The van der Waals surface area contributed by atoms with Crippen LogP contribution in [0.3, 0.4) is 0 Å². The third kappa shape index (κ3) is 5.05. The number of hydrogen-bond acceptors (Lipinski definition) is 8. The number of anilines is 2. The van der Waals surface area contributed by atoms with Gasteiger partial charge in [-0.2, -0.15) is 5.26 Å². The number of carbonyl (C=O) groups is 1. The van der Waals surface area contributed by atoms with E-state index in [4.69, 9.17) is 10.7 Å². The van der Waals surface area contributed by atoms with Crippen LogP contribution in [-0.4, -0.2) is 55.8 Å². The van der Waals surface area contributed by atoms with Crippen molar-refractivity contribution in [3.8, 4) is 28.8 Å². The Balaban J connectivity index is 1.36. The fourth-order valence-corrected chi connectivity index (χ4v) is 6.11. The molecule has 5 aromatic rings. The van der Waals surface area contributed by atoms with Gasteiger partial charge in [0.15, 0.2) is 5.82 Å². The molecule has 1 aliphatic heterocycles. The van der Waals surface area contributed by atoms with E-state index in [2.05, 4.69) is 25.9 Å². The topological polar surface area (TPSA) is 146 Å². The molecule has 2 atom stereocenters. The van der Waals surface area contributed by atoms with Gasteiger partial charge in [-0.25, -0.2) is 23.7 Å². The van der Waals surface area contributed by atoms with Gasteiger partial charge in [0.25, 0.3) is 5.91 Å². The van der Waals surface area contributed by atoms with E-state index in [-0.39, 0.29) is 36.3 Å². The number of carbonyl (C=O) groups excluding carboxylic acids is 1. The molecule has 0 spiro atoms. The molecular formula is C33H28F2N8O2. The number of nitriles is 1. The maximum absolute atomic E-state index is 14.5. The van der Waals surface area contributed by atoms with Crippen molar-refractivity contribution in [3.05, 3.63) is 89.8 Å². The number of hydrogen-bond donors (Lipinski definition) is 3. The molecule has 1 aliphatic carbocycles. The van der Waals surface area contributed by atoms with Crippen LogP contribution in [0.5, 0.6) is 0 Å². The summed E-state index contributed by atoms with van der Waals surface area (Å²) in [4.78, 5) is 28.9. The number of aliphatic hydroxyl groups is 1. The number of benzene rings is 3. The molecule has 3 heterocycles. The summed E-state index contributed by atoms with van der Waals surface area (Å²) in [5.41, 5.74) is 9.41. The minimum atomic E-state index is -0.847. The molecule has 2 aromatic heterocycles. The maximum atomic E-state index is 14.5. The first-order valence-electron chi connectivity index (χ1n) is 14.6. The summed E-state index contributed by atoms with van der Waals surface area (Å²) in [6.07, 6.45) is 3.74. The highest BCUT2D eigenvalue weighted by atomic mass is 19.1. The van der Waals surface area contributed by atoms with Crippen molar-refractivity contribution in [3.63, 3.8) is 0 Å². The Morgan fingerprint density at radius 2 is 1.84 bits per heavy atom. The van der Waals surface area contributed by atoms with E-state index in [9.17, 15) is 23.9 Å². The van der Waals surface area contributed by atoms with E-state index in [0.717, 1.165) is 30.5 Å². The monoisotopic (exact) mass is 606 g/mol. The molecule has 2 aliphatic rings. The molecule has 12 heteroatoms. The van der Waals surface area contributed by atoms with Crippen molar-refractivity contribution in [2.45, 2.75) is 37.4 Å². The molecule has 0 radical (unpaired) electrons. The summed E-state index contributed by atoms with van der Waals surface area (Å²) >= 11 is 0. The van der Waals surface area contributed by atoms with Crippen LogP contribution in [0.2, 0.25) is 0 Å². The van der Waals surface area contributed by atoms with E-state index >= 15 is 0 Å². The van der Waals surface area contributed by atoms with Crippen LogP contribution in [0, 0.1) is 23.0 Å². The number of imidazole rings is 1. The van der Waals surface area contributed by atoms with Gasteiger partial charge in [-0.05, 0) is 61.7 Å². The van der Waals surface area contributed by atoms with Crippen molar-refractivity contribution in [1.82, 2.24) is 19.5 Å². The maximum Gasteiger partial charge on any atom is 0.274 e. The number of amides is 1. The second kappa shape index (κ2) is 11.4. The number of halogens is 2. The lowest BCUT2D eigenvalue weighted by molar-refractivity contribution is 0.102. The lowest BCUT2D eigenvalue weighted by atomic mass is 10.1. The van der Waals surface area contributed by atoms with Gasteiger partial charge in [-0.1, -0.05) is 18.2 Å². The first-order chi connectivity index (χ1) is 21.9. The Morgan fingerprint density at radius 3 is 2.58 bits per heavy atom. The van der Waals surface area contributed by atoms with Crippen molar-refractivity contribution in [2.75, 3.05) is 23.4 Å². The molecule has 1 saturated carbocycles. The van der Waals surface area contributed by atoms with Gasteiger partial charge < -0.3 is 25.6 Å². The smallest absolute Gasteiger partial charge is 0.274 e. The van der Waals surface area contributed by atoms with Crippen LogP contribution in [0.1, 0.15) is 41.4 Å².